The van der Waals surface area contributed by atoms with Crippen molar-refractivity contribution in [2.75, 3.05) is 11.9 Å². The fraction of sp³-hybridized carbons (Fsp3) is 0.417. The summed E-state index contributed by atoms with van der Waals surface area (Å²) in [5.74, 6) is -0.00535. The van der Waals surface area contributed by atoms with Crippen molar-refractivity contribution in [3.63, 3.8) is 0 Å². The molecule has 0 spiro atoms. The van der Waals surface area contributed by atoms with E-state index in [0.29, 0.717) is 17.3 Å². The fourth-order valence-corrected chi connectivity index (χ4v) is 2.49. The fourth-order valence-electron chi connectivity index (χ4n) is 1.98. The zero-order valence-corrected chi connectivity index (χ0v) is 11.6. The Hall–Kier alpha value is -0.580. The molecule has 0 aromatic heterocycles. The van der Waals surface area contributed by atoms with Gasteiger partial charge in [-0.2, -0.15) is 0 Å². The van der Waals surface area contributed by atoms with E-state index in [0.717, 1.165) is 23.7 Å². The Balaban J connectivity index is 2.15. The molecule has 1 amide bonds. The lowest BCUT2D eigenvalue weighted by Gasteiger charge is -2.39. The van der Waals surface area contributed by atoms with Crippen LogP contribution in [0.3, 0.4) is 0 Å². The van der Waals surface area contributed by atoms with Crippen molar-refractivity contribution in [1.82, 2.24) is 0 Å². The summed E-state index contributed by atoms with van der Waals surface area (Å²) in [5.41, 5.74) is 6.02. The average Bonchev–Trinajstić information content (AvgIpc) is 2.23. The molecule has 0 unspecified atom stereocenters. The second kappa shape index (κ2) is 4.96. The van der Waals surface area contributed by atoms with E-state index in [2.05, 4.69) is 21.2 Å². The monoisotopic (exact) mass is 316 g/mol. The van der Waals surface area contributed by atoms with Crippen LogP contribution in [0, 0.1) is 5.41 Å². The molecule has 1 aromatic rings. The molecule has 92 valence electrons. The molecule has 0 saturated heterocycles. The first-order valence-corrected chi connectivity index (χ1v) is 6.71. The number of nitrogens with one attached hydrogen (secondary N) is 1. The number of rotatable bonds is 3. The van der Waals surface area contributed by atoms with Gasteiger partial charge in [0.15, 0.2) is 0 Å². The molecule has 1 aliphatic carbocycles. The number of benzene rings is 1. The van der Waals surface area contributed by atoms with E-state index < -0.39 is 0 Å². The van der Waals surface area contributed by atoms with Crippen LogP contribution in [0.15, 0.2) is 22.7 Å². The van der Waals surface area contributed by atoms with Gasteiger partial charge in [0.2, 0.25) is 5.91 Å². The lowest BCUT2D eigenvalue weighted by molar-refractivity contribution is -0.129. The third-order valence-electron chi connectivity index (χ3n) is 3.36. The number of nitrogens with two attached hydrogens (primary N) is 1. The summed E-state index contributed by atoms with van der Waals surface area (Å²) in [4.78, 5) is 12.2. The number of anilines is 1. The lowest BCUT2D eigenvalue weighted by Crippen LogP contribution is -2.47. The largest absolute Gasteiger partial charge is 0.329 e. The summed E-state index contributed by atoms with van der Waals surface area (Å²) in [7, 11) is 0. The molecule has 3 nitrogen and oxygen atoms in total. The van der Waals surface area contributed by atoms with Gasteiger partial charge in [-0.1, -0.05) is 18.0 Å². The van der Waals surface area contributed by atoms with Crippen LogP contribution < -0.4 is 11.1 Å². The highest BCUT2D eigenvalue weighted by atomic mass is 79.9. The van der Waals surface area contributed by atoms with Gasteiger partial charge in [-0.05, 0) is 47.0 Å². The van der Waals surface area contributed by atoms with Crippen LogP contribution in [-0.4, -0.2) is 12.5 Å². The summed E-state index contributed by atoms with van der Waals surface area (Å²) in [6.07, 6.45) is 2.81. The third kappa shape index (κ3) is 2.49. The van der Waals surface area contributed by atoms with Crippen LogP contribution in [0.2, 0.25) is 5.02 Å². The molecule has 0 heterocycles. The minimum atomic E-state index is -0.373. The molecule has 1 saturated carbocycles. The van der Waals surface area contributed by atoms with Crippen molar-refractivity contribution in [1.29, 1.82) is 0 Å². The van der Waals surface area contributed by atoms with E-state index in [1.165, 1.54) is 0 Å². The van der Waals surface area contributed by atoms with Gasteiger partial charge in [-0.15, -0.1) is 0 Å². The standard InChI is InChI=1S/C12H14BrClN2O/c13-9-3-2-8(14)6-10(9)16-11(17)12(7-15)4-1-5-12/h2-3,6H,1,4-5,7,15H2,(H,16,17). The number of carbonyl (C=O) groups is 1. The predicted octanol–water partition coefficient (Wildman–Crippen LogP) is 3.17. The van der Waals surface area contributed by atoms with Crippen molar-refractivity contribution in [3.05, 3.63) is 27.7 Å². The van der Waals surface area contributed by atoms with E-state index in [1.807, 2.05) is 6.07 Å². The summed E-state index contributed by atoms with van der Waals surface area (Å²) < 4.78 is 0.821. The van der Waals surface area contributed by atoms with E-state index >= 15 is 0 Å². The first kappa shape index (κ1) is 12.9. The topological polar surface area (TPSA) is 55.1 Å². The molecule has 0 atom stereocenters. The maximum Gasteiger partial charge on any atom is 0.231 e. The Morgan fingerprint density at radius 2 is 2.24 bits per heavy atom. The summed E-state index contributed by atoms with van der Waals surface area (Å²) in [6.45, 7) is 0.400. The summed E-state index contributed by atoms with van der Waals surface area (Å²) in [6, 6.07) is 5.31. The second-order valence-corrected chi connectivity index (χ2v) is 5.71. The summed E-state index contributed by atoms with van der Waals surface area (Å²) in [5, 5.41) is 3.49. The van der Waals surface area contributed by atoms with E-state index in [4.69, 9.17) is 17.3 Å². The van der Waals surface area contributed by atoms with E-state index in [-0.39, 0.29) is 11.3 Å². The molecular weight excluding hydrogens is 304 g/mol. The molecule has 5 heteroatoms. The number of hydrogen-bond acceptors (Lipinski definition) is 2. The third-order valence-corrected chi connectivity index (χ3v) is 4.29. The summed E-state index contributed by atoms with van der Waals surface area (Å²) >= 11 is 9.28. The molecule has 0 bridgehead atoms. The van der Waals surface area contributed by atoms with Gasteiger partial charge in [0, 0.05) is 16.0 Å². The highest BCUT2D eigenvalue weighted by Crippen LogP contribution is 2.41. The minimum Gasteiger partial charge on any atom is -0.329 e. The minimum absolute atomic E-state index is 0.00535. The highest BCUT2D eigenvalue weighted by molar-refractivity contribution is 9.10. The molecule has 2 rings (SSSR count). The van der Waals surface area contributed by atoms with Gasteiger partial charge in [-0.3, -0.25) is 4.79 Å². The van der Waals surface area contributed by atoms with Gasteiger partial charge in [0.05, 0.1) is 11.1 Å². The van der Waals surface area contributed by atoms with Crippen molar-refractivity contribution in [2.24, 2.45) is 11.1 Å². The van der Waals surface area contributed by atoms with E-state index in [1.54, 1.807) is 12.1 Å². The Kier molecular flexibility index (Phi) is 3.76. The molecule has 0 aliphatic heterocycles. The van der Waals surface area contributed by atoms with E-state index in [9.17, 15) is 4.79 Å². The number of halogens is 2. The van der Waals surface area contributed by atoms with Gasteiger partial charge in [0.1, 0.15) is 0 Å². The van der Waals surface area contributed by atoms with Crippen LogP contribution in [0.25, 0.3) is 0 Å². The molecule has 1 fully saturated rings. The average molecular weight is 318 g/mol. The highest BCUT2D eigenvalue weighted by Gasteiger charge is 2.42. The quantitative estimate of drug-likeness (QED) is 0.899. The maximum absolute atomic E-state index is 12.2. The van der Waals surface area contributed by atoms with Crippen molar-refractivity contribution < 1.29 is 4.79 Å². The molecule has 1 aromatic carbocycles. The Bertz CT molecular complexity index is 441. The number of hydrogen-bond donors (Lipinski definition) is 2. The Labute approximate surface area is 114 Å². The first-order valence-electron chi connectivity index (χ1n) is 5.54. The van der Waals surface area contributed by atoms with Crippen LogP contribution in [0.5, 0.6) is 0 Å². The predicted molar refractivity (Wildman–Crippen MR) is 73.1 cm³/mol. The zero-order valence-electron chi connectivity index (χ0n) is 9.30. The van der Waals surface area contributed by atoms with Crippen LogP contribution >= 0.6 is 27.5 Å². The SMILES string of the molecule is NCC1(C(=O)Nc2cc(Cl)ccc2Br)CCC1. The van der Waals surface area contributed by atoms with Crippen molar-refractivity contribution in [2.45, 2.75) is 19.3 Å². The van der Waals surface area contributed by atoms with Gasteiger partial charge in [0.25, 0.3) is 0 Å². The number of amides is 1. The van der Waals surface area contributed by atoms with Crippen LogP contribution in [-0.2, 0) is 4.79 Å². The van der Waals surface area contributed by atoms with Gasteiger partial charge in [-0.25, -0.2) is 0 Å². The maximum atomic E-state index is 12.2. The van der Waals surface area contributed by atoms with Gasteiger partial charge >= 0.3 is 0 Å². The first-order chi connectivity index (χ1) is 8.07. The molecule has 1 aliphatic rings. The van der Waals surface area contributed by atoms with Gasteiger partial charge < -0.3 is 11.1 Å². The zero-order chi connectivity index (χ0) is 12.5. The lowest BCUT2D eigenvalue weighted by atomic mass is 9.68. The van der Waals surface area contributed by atoms with Crippen molar-refractivity contribution in [3.8, 4) is 0 Å². The normalized spacial score (nSPS) is 17.4. The number of carbonyl (C=O) groups excluding carboxylic acids is 1. The molecular formula is C12H14BrClN2O. The molecule has 17 heavy (non-hydrogen) atoms. The van der Waals surface area contributed by atoms with Crippen LogP contribution in [0.4, 0.5) is 5.69 Å². The molecule has 0 radical (unpaired) electrons. The molecule has 3 N–H and O–H groups in total. The Morgan fingerprint density at radius 1 is 1.53 bits per heavy atom. The Morgan fingerprint density at radius 3 is 2.76 bits per heavy atom. The van der Waals surface area contributed by atoms with Crippen molar-refractivity contribution >= 4 is 39.1 Å². The van der Waals surface area contributed by atoms with Crippen LogP contribution in [0.1, 0.15) is 19.3 Å². The second-order valence-electron chi connectivity index (χ2n) is 4.42. The smallest absolute Gasteiger partial charge is 0.231 e.